The maximum absolute atomic E-state index is 12.5. The molecule has 0 radical (unpaired) electrons. The minimum atomic E-state index is -0.547. The second-order valence-electron chi connectivity index (χ2n) is 1.79. The number of benzene rings is 1. The maximum atomic E-state index is 12.5. The van der Waals surface area contributed by atoms with Crippen LogP contribution in [-0.4, -0.2) is 0 Å². The molecule has 0 aliphatic heterocycles. The van der Waals surface area contributed by atoms with E-state index in [-0.39, 0.29) is 15.7 Å². The number of rotatable bonds is 0. The normalized spacial score (nSPS) is 9.90. The number of halogens is 3. The van der Waals surface area contributed by atoms with Crippen LogP contribution in [-0.2, 0) is 0 Å². The number of hydrogen-bond acceptors (Lipinski definition) is 1. The van der Waals surface area contributed by atoms with Gasteiger partial charge in [-0.3, -0.25) is 0 Å². The zero-order valence-corrected chi connectivity index (χ0v) is 6.38. The Morgan fingerprint density at radius 1 is 1.20 bits per heavy atom. The van der Waals surface area contributed by atoms with Crippen LogP contribution in [0.5, 0.6) is 0 Å². The standard InChI is InChI=1S/C6H4Cl2FN/c7-3-1-5(9)6(10)2-4(3)8/h1-2H,10H2/i9-1. The topological polar surface area (TPSA) is 26.0 Å². The molecule has 1 aromatic carbocycles. The van der Waals surface area contributed by atoms with Crippen molar-refractivity contribution in [1.82, 2.24) is 0 Å². The van der Waals surface area contributed by atoms with Crippen LogP contribution < -0.4 is 5.73 Å². The Bertz CT molecular complexity index is 212. The molecule has 0 heterocycles. The molecule has 10 heavy (non-hydrogen) atoms. The number of anilines is 1. The molecule has 0 bridgehead atoms. The van der Waals surface area contributed by atoms with Crippen molar-refractivity contribution in [3.05, 3.63) is 28.0 Å². The lowest BCUT2D eigenvalue weighted by Gasteiger charge is -1.97. The predicted octanol–water partition coefficient (Wildman–Crippen LogP) is 2.71. The Morgan fingerprint density at radius 3 is 2.20 bits per heavy atom. The molecule has 0 amide bonds. The van der Waals surface area contributed by atoms with Gasteiger partial charge in [0.2, 0.25) is 0 Å². The molecule has 1 aromatic rings. The molecule has 0 fully saturated rings. The van der Waals surface area contributed by atoms with Crippen molar-refractivity contribution in [2.24, 2.45) is 0 Å². The fourth-order valence-electron chi connectivity index (χ4n) is 0.538. The van der Waals surface area contributed by atoms with Gasteiger partial charge in [-0.2, -0.15) is 0 Å². The van der Waals surface area contributed by atoms with Gasteiger partial charge >= 0.3 is 0 Å². The summed E-state index contributed by atoms with van der Waals surface area (Å²) >= 11 is 11.0. The highest BCUT2D eigenvalue weighted by molar-refractivity contribution is 6.42. The van der Waals surface area contributed by atoms with Gasteiger partial charge in [0.1, 0.15) is 5.82 Å². The van der Waals surface area contributed by atoms with E-state index in [0.717, 1.165) is 6.07 Å². The van der Waals surface area contributed by atoms with Crippen LogP contribution in [0, 0.1) is 5.82 Å². The van der Waals surface area contributed by atoms with E-state index in [0.29, 0.717) is 0 Å². The highest BCUT2D eigenvalue weighted by Gasteiger charge is 2.02. The smallest absolute Gasteiger partial charge is 0.147 e. The molecule has 0 aromatic heterocycles. The molecule has 0 spiro atoms. The largest absolute Gasteiger partial charge is 0.396 e. The summed E-state index contributed by atoms with van der Waals surface area (Å²) in [7, 11) is 0. The summed E-state index contributed by atoms with van der Waals surface area (Å²) in [6.45, 7) is 0. The van der Waals surface area contributed by atoms with Gasteiger partial charge in [-0.1, -0.05) is 23.2 Å². The lowest BCUT2D eigenvalue weighted by Crippen LogP contribution is -1.89. The average Bonchev–Trinajstić information content (AvgIpc) is 1.84. The van der Waals surface area contributed by atoms with Crippen LogP contribution in [0.2, 0.25) is 10.0 Å². The first-order valence-electron chi connectivity index (χ1n) is 2.51. The first-order valence-corrected chi connectivity index (χ1v) is 3.27. The molecule has 0 unspecified atom stereocenters. The zero-order chi connectivity index (χ0) is 7.72. The van der Waals surface area contributed by atoms with Gasteiger partial charge < -0.3 is 5.73 Å². The van der Waals surface area contributed by atoms with Gasteiger partial charge in [0.05, 0.1) is 15.7 Å². The van der Waals surface area contributed by atoms with Crippen molar-refractivity contribution in [3.8, 4) is 0 Å². The lowest BCUT2D eigenvalue weighted by molar-refractivity contribution is 0.632. The van der Waals surface area contributed by atoms with Gasteiger partial charge in [0.15, 0.2) is 0 Å². The summed E-state index contributed by atoms with van der Waals surface area (Å²) in [4.78, 5) is 0. The van der Waals surface area contributed by atoms with Crippen molar-refractivity contribution < 1.29 is 4.39 Å². The van der Waals surface area contributed by atoms with Crippen molar-refractivity contribution in [3.63, 3.8) is 0 Å². The molecule has 0 aliphatic rings. The summed E-state index contributed by atoms with van der Waals surface area (Å²) in [6.07, 6.45) is 0. The van der Waals surface area contributed by atoms with E-state index in [1.165, 1.54) is 6.07 Å². The summed E-state index contributed by atoms with van der Waals surface area (Å²) in [5.74, 6) is -0.547. The predicted molar refractivity (Wildman–Crippen MR) is 40.8 cm³/mol. The third kappa shape index (κ3) is 1.33. The highest BCUT2D eigenvalue weighted by atomic mass is 35.5. The van der Waals surface area contributed by atoms with Gasteiger partial charge in [-0.25, -0.2) is 4.39 Å². The molecule has 1 nitrogen and oxygen atoms in total. The SMILES string of the molecule is Nc1cc(Cl)c(Cl)cc1[18F]. The van der Waals surface area contributed by atoms with Gasteiger partial charge in [0, 0.05) is 0 Å². The maximum Gasteiger partial charge on any atom is 0.147 e. The quantitative estimate of drug-likeness (QED) is 0.480. The fraction of sp³-hybridized carbons (Fsp3) is 0. The Kier molecular flexibility index (Phi) is 2.02. The van der Waals surface area contributed by atoms with E-state index >= 15 is 0 Å². The second kappa shape index (κ2) is 2.64. The van der Waals surface area contributed by atoms with E-state index in [2.05, 4.69) is 0 Å². The summed E-state index contributed by atoms with van der Waals surface area (Å²) in [5.41, 5.74) is 5.18. The highest BCUT2D eigenvalue weighted by Crippen LogP contribution is 2.25. The van der Waals surface area contributed by atoms with Crippen LogP contribution in [0.4, 0.5) is 10.1 Å². The van der Waals surface area contributed by atoms with Gasteiger partial charge in [-0.05, 0) is 12.1 Å². The Hall–Kier alpha value is -0.470. The van der Waals surface area contributed by atoms with Crippen molar-refractivity contribution >= 4 is 28.9 Å². The Labute approximate surface area is 67.5 Å². The monoisotopic (exact) mass is 178 g/mol. The van der Waals surface area contributed by atoms with E-state index < -0.39 is 5.82 Å². The van der Waals surface area contributed by atoms with Gasteiger partial charge in [0.25, 0.3) is 0 Å². The number of nitrogens with two attached hydrogens (primary N) is 1. The van der Waals surface area contributed by atoms with Crippen LogP contribution in [0.15, 0.2) is 12.1 Å². The molecule has 2 N–H and O–H groups in total. The molecule has 0 saturated carbocycles. The lowest BCUT2D eigenvalue weighted by atomic mass is 10.3. The first kappa shape index (κ1) is 7.63. The van der Waals surface area contributed by atoms with Crippen LogP contribution in [0.1, 0.15) is 0 Å². The van der Waals surface area contributed by atoms with Crippen LogP contribution in [0.25, 0.3) is 0 Å². The summed E-state index contributed by atoms with van der Waals surface area (Å²) < 4.78 is 12.5. The van der Waals surface area contributed by atoms with E-state index in [1.54, 1.807) is 0 Å². The Morgan fingerprint density at radius 2 is 1.70 bits per heavy atom. The van der Waals surface area contributed by atoms with Crippen molar-refractivity contribution in [2.45, 2.75) is 0 Å². The van der Waals surface area contributed by atoms with E-state index in [9.17, 15) is 4.39 Å². The minimum Gasteiger partial charge on any atom is -0.396 e. The van der Waals surface area contributed by atoms with Crippen molar-refractivity contribution in [2.75, 3.05) is 5.73 Å². The molecular weight excluding hydrogens is 175 g/mol. The number of hydrogen-bond donors (Lipinski definition) is 1. The fourth-order valence-corrected chi connectivity index (χ4v) is 0.860. The molecule has 1 rings (SSSR count). The van der Waals surface area contributed by atoms with Crippen molar-refractivity contribution in [1.29, 1.82) is 0 Å². The van der Waals surface area contributed by atoms with E-state index in [4.69, 9.17) is 28.9 Å². The minimum absolute atomic E-state index is 0.00870. The molecule has 0 aliphatic carbocycles. The molecule has 4 heteroatoms. The van der Waals surface area contributed by atoms with Crippen LogP contribution >= 0.6 is 23.2 Å². The zero-order valence-electron chi connectivity index (χ0n) is 4.87. The van der Waals surface area contributed by atoms with Gasteiger partial charge in [-0.15, -0.1) is 0 Å². The third-order valence-electron chi connectivity index (χ3n) is 1.04. The molecule has 54 valence electrons. The third-order valence-corrected chi connectivity index (χ3v) is 1.76. The first-order chi connectivity index (χ1) is 4.61. The molecule has 0 saturated heterocycles. The number of nitrogen functional groups attached to an aromatic ring is 1. The van der Waals surface area contributed by atoms with E-state index in [1.807, 2.05) is 0 Å². The Balaban J connectivity index is 3.28. The summed E-state index contributed by atoms with van der Waals surface area (Å²) in [6, 6.07) is 2.36. The van der Waals surface area contributed by atoms with Crippen LogP contribution in [0.3, 0.4) is 0 Å². The molecule has 0 atom stereocenters. The molecular formula is C6H4Cl2FN. The summed E-state index contributed by atoms with van der Waals surface area (Å²) in [5, 5.41) is 0.439. The second-order valence-corrected chi connectivity index (χ2v) is 2.60. The average molecular weight is 179 g/mol.